The third kappa shape index (κ3) is 6.48. The first kappa shape index (κ1) is 23.7. The molecule has 28 heavy (non-hydrogen) atoms. The van der Waals surface area contributed by atoms with Gasteiger partial charge < -0.3 is 10.2 Å². The third-order valence-electron chi connectivity index (χ3n) is 5.09. The number of phenols is 2. The Hall–Kier alpha value is -0.560. The van der Waals surface area contributed by atoms with Gasteiger partial charge in [0, 0.05) is 25.5 Å². The number of hydrogen-bond acceptors (Lipinski definition) is 6. The molecule has 0 atom stereocenters. The number of rotatable bonds is 10. The Bertz CT molecular complexity index is 689. The van der Waals surface area contributed by atoms with E-state index in [0.717, 1.165) is 24.0 Å². The van der Waals surface area contributed by atoms with Crippen molar-refractivity contribution in [1.82, 2.24) is 0 Å². The predicted octanol–water partition coefficient (Wildman–Crippen LogP) is 7.53. The van der Waals surface area contributed by atoms with Crippen molar-refractivity contribution in [2.45, 2.75) is 83.8 Å². The average Bonchev–Trinajstić information content (AvgIpc) is 2.65. The van der Waals surface area contributed by atoms with Crippen molar-refractivity contribution in [3.05, 3.63) is 35.4 Å². The lowest BCUT2D eigenvalue weighted by atomic mass is 9.86. The predicted molar refractivity (Wildman–Crippen MR) is 130 cm³/mol. The fourth-order valence-electron chi connectivity index (χ4n) is 3.48. The van der Waals surface area contributed by atoms with E-state index in [1.807, 2.05) is 24.3 Å². The quantitative estimate of drug-likeness (QED) is 0.166. The Morgan fingerprint density at radius 2 is 1.00 bits per heavy atom. The lowest BCUT2D eigenvalue weighted by molar-refractivity contribution is 0.448. The molecule has 2 aromatic rings. The molecule has 6 heteroatoms. The molecule has 154 valence electrons. The van der Waals surface area contributed by atoms with Crippen LogP contribution in [0.2, 0.25) is 0 Å². The van der Waals surface area contributed by atoms with Gasteiger partial charge in [-0.1, -0.05) is 51.9 Å². The van der Waals surface area contributed by atoms with Crippen LogP contribution in [0.1, 0.15) is 75.3 Å². The number of unbranched alkanes of at least 4 members (excludes halogenated alkanes) is 6. The van der Waals surface area contributed by atoms with Crippen LogP contribution in [0, 0.1) is 0 Å². The molecule has 0 spiro atoms. The van der Waals surface area contributed by atoms with Gasteiger partial charge in [0.15, 0.2) is 0 Å². The highest BCUT2D eigenvalue weighted by Crippen LogP contribution is 2.40. The van der Waals surface area contributed by atoms with Gasteiger partial charge in [-0.25, -0.2) is 0 Å². The maximum Gasteiger partial charge on any atom is 0.142 e. The van der Waals surface area contributed by atoms with E-state index >= 15 is 0 Å². The third-order valence-corrected chi connectivity index (χ3v) is 6.45. The van der Waals surface area contributed by atoms with Gasteiger partial charge in [0.25, 0.3) is 0 Å². The van der Waals surface area contributed by atoms with E-state index in [4.69, 9.17) is 0 Å². The molecule has 0 aliphatic carbocycles. The zero-order chi connectivity index (χ0) is 20.7. The minimum absolute atomic E-state index is 0.0977. The average molecular weight is 455 g/mol. The summed E-state index contributed by atoms with van der Waals surface area (Å²) in [6.45, 7) is 2.23. The van der Waals surface area contributed by atoms with Gasteiger partial charge in [0.05, 0.1) is 0 Å². The summed E-state index contributed by atoms with van der Waals surface area (Å²) in [6.07, 6.45) is 9.70. The largest absolute Gasteiger partial charge is 0.506 e. The van der Waals surface area contributed by atoms with E-state index in [1.165, 1.54) is 38.5 Å². The molecule has 0 saturated heterocycles. The maximum atomic E-state index is 10.0. The van der Waals surface area contributed by atoms with Crippen LogP contribution in [0.3, 0.4) is 0 Å². The molecule has 0 amide bonds. The standard InChI is InChI=1S/C22H30O2S4/c1-2-3-4-5-6-7-8-9-16(14-10-17(25)21(23)18(26)11-14)15-12-19(27)22(24)20(28)13-15/h10-13,16,23-28H,2-9H2,1H3. The summed E-state index contributed by atoms with van der Waals surface area (Å²) in [5.41, 5.74) is 2.09. The maximum absolute atomic E-state index is 10.0. The second-order valence-corrected chi connectivity index (χ2v) is 9.21. The van der Waals surface area contributed by atoms with E-state index in [0.29, 0.717) is 19.6 Å². The summed E-state index contributed by atoms with van der Waals surface area (Å²) in [5, 5.41) is 20.0. The van der Waals surface area contributed by atoms with Crippen molar-refractivity contribution in [2.24, 2.45) is 0 Å². The lowest BCUT2D eigenvalue weighted by Crippen LogP contribution is -2.03. The van der Waals surface area contributed by atoms with Gasteiger partial charge in [-0.3, -0.25) is 0 Å². The number of hydrogen-bond donors (Lipinski definition) is 6. The molecule has 0 fully saturated rings. The SMILES string of the molecule is CCCCCCCCCC(c1cc(S)c(O)c(S)c1)c1cc(S)c(O)c(S)c1. The number of thiol groups is 4. The van der Waals surface area contributed by atoms with Crippen molar-refractivity contribution in [1.29, 1.82) is 0 Å². The highest BCUT2D eigenvalue weighted by Gasteiger charge is 2.19. The van der Waals surface area contributed by atoms with Crippen LogP contribution in [-0.2, 0) is 0 Å². The van der Waals surface area contributed by atoms with Crippen molar-refractivity contribution in [2.75, 3.05) is 0 Å². The van der Waals surface area contributed by atoms with Crippen molar-refractivity contribution in [3.8, 4) is 11.5 Å². The topological polar surface area (TPSA) is 40.5 Å². The first-order valence-corrected chi connectivity index (χ1v) is 11.6. The molecule has 0 radical (unpaired) electrons. The van der Waals surface area contributed by atoms with E-state index in [-0.39, 0.29) is 17.4 Å². The molecule has 0 aliphatic heterocycles. The molecule has 0 bridgehead atoms. The van der Waals surface area contributed by atoms with Crippen LogP contribution in [0.15, 0.2) is 43.8 Å². The van der Waals surface area contributed by atoms with Crippen LogP contribution in [-0.4, -0.2) is 10.2 Å². The monoisotopic (exact) mass is 454 g/mol. The zero-order valence-electron chi connectivity index (χ0n) is 16.2. The molecule has 2 nitrogen and oxygen atoms in total. The zero-order valence-corrected chi connectivity index (χ0v) is 19.8. The first-order valence-electron chi connectivity index (χ1n) is 9.84. The summed E-state index contributed by atoms with van der Waals surface area (Å²) in [6, 6.07) is 7.58. The van der Waals surface area contributed by atoms with Crippen LogP contribution >= 0.6 is 50.5 Å². The van der Waals surface area contributed by atoms with E-state index in [9.17, 15) is 10.2 Å². The fourth-order valence-corrected chi connectivity index (χ4v) is 4.74. The summed E-state index contributed by atoms with van der Waals surface area (Å²) in [7, 11) is 0. The van der Waals surface area contributed by atoms with Crippen LogP contribution in [0.4, 0.5) is 0 Å². The van der Waals surface area contributed by atoms with Gasteiger partial charge >= 0.3 is 0 Å². The van der Waals surface area contributed by atoms with Gasteiger partial charge in [0.2, 0.25) is 0 Å². The number of benzene rings is 2. The van der Waals surface area contributed by atoms with Crippen molar-refractivity contribution < 1.29 is 10.2 Å². The van der Waals surface area contributed by atoms with E-state index in [1.54, 1.807) is 0 Å². The van der Waals surface area contributed by atoms with Gasteiger partial charge in [-0.15, -0.1) is 50.5 Å². The molecule has 2 aromatic carbocycles. The van der Waals surface area contributed by atoms with E-state index < -0.39 is 0 Å². The summed E-state index contributed by atoms with van der Waals surface area (Å²) in [5.74, 6) is 0.298. The van der Waals surface area contributed by atoms with Gasteiger partial charge in [-0.05, 0) is 41.8 Å². The minimum atomic E-state index is 0.0977. The molecular weight excluding hydrogens is 425 g/mol. The van der Waals surface area contributed by atoms with Crippen molar-refractivity contribution >= 4 is 50.5 Å². The van der Waals surface area contributed by atoms with Crippen LogP contribution < -0.4 is 0 Å². The van der Waals surface area contributed by atoms with Gasteiger partial charge in [0.1, 0.15) is 11.5 Å². The van der Waals surface area contributed by atoms with Crippen LogP contribution in [0.25, 0.3) is 0 Å². The fraction of sp³-hybridized carbons (Fsp3) is 0.455. The molecule has 2 N–H and O–H groups in total. The second-order valence-electron chi connectivity index (χ2n) is 7.28. The smallest absolute Gasteiger partial charge is 0.142 e. The Morgan fingerprint density at radius 1 is 0.643 bits per heavy atom. The Morgan fingerprint density at radius 3 is 1.39 bits per heavy atom. The Labute approximate surface area is 190 Å². The van der Waals surface area contributed by atoms with Gasteiger partial charge in [-0.2, -0.15) is 0 Å². The molecule has 0 aromatic heterocycles. The Balaban J connectivity index is 2.22. The summed E-state index contributed by atoms with van der Waals surface area (Å²) in [4.78, 5) is 2.07. The summed E-state index contributed by atoms with van der Waals surface area (Å²) < 4.78 is 0. The molecule has 0 unspecified atom stereocenters. The lowest BCUT2D eigenvalue weighted by Gasteiger charge is -2.21. The number of phenolic OH excluding ortho intramolecular Hbond substituents is 2. The molecular formula is C22H30O2S4. The minimum Gasteiger partial charge on any atom is -0.506 e. The van der Waals surface area contributed by atoms with Crippen molar-refractivity contribution in [3.63, 3.8) is 0 Å². The number of aromatic hydroxyl groups is 2. The molecule has 0 saturated carbocycles. The second kappa shape index (κ2) is 11.6. The molecule has 0 heterocycles. The highest BCUT2D eigenvalue weighted by molar-refractivity contribution is 7.81. The molecule has 2 rings (SSSR count). The first-order chi connectivity index (χ1) is 13.3. The summed E-state index contributed by atoms with van der Waals surface area (Å²) >= 11 is 17.6. The van der Waals surface area contributed by atoms with E-state index in [2.05, 4.69) is 57.4 Å². The highest BCUT2D eigenvalue weighted by atomic mass is 32.1. The Kier molecular flexibility index (Phi) is 9.81. The molecule has 0 aliphatic rings. The normalized spacial score (nSPS) is 11.4. The van der Waals surface area contributed by atoms with Crippen LogP contribution in [0.5, 0.6) is 11.5 Å².